The number of nitrogens with zero attached hydrogens (tertiary/aromatic N) is 5. The number of benzene rings is 2. The molecule has 0 aliphatic carbocycles. The summed E-state index contributed by atoms with van der Waals surface area (Å²) in [7, 11) is 0. The van der Waals surface area contributed by atoms with E-state index in [9.17, 15) is 34.2 Å². The van der Waals surface area contributed by atoms with Crippen LogP contribution in [-0.2, 0) is 9.59 Å². The summed E-state index contributed by atoms with van der Waals surface area (Å²) in [6.45, 7) is -0.721. The summed E-state index contributed by atoms with van der Waals surface area (Å²) < 4.78 is 0. The number of nitrogens with one attached hydrogen (secondary N) is 3. The van der Waals surface area contributed by atoms with Gasteiger partial charge >= 0.3 is 18.0 Å². The zero-order valence-corrected chi connectivity index (χ0v) is 22.5. The number of urea groups is 1. The van der Waals surface area contributed by atoms with Crippen LogP contribution in [0.15, 0.2) is 42.5 Å². The number of halogens is 2. The van der Waals surface area contributed by atoms with Crippen LogP contribution in [0.3, 0.4) is 0 Å². The van der Waals surface area contributed by atoms with Crippen molar-refractivity contribution < 1.29 is 34.2 Å². The van der Waals surface area contributed by atoms with Crippen molar-refractivity contribution in [3.8, 4) is 11.4 Å². The second-order valence-corrected chi connectivity index (χ2v) is 9.60. The van der Waals surface area contributed by atoms with Gasteiger partial charge in [-0.3, -0.25) is 9.59 Å². The number of aliphatic carboxylic acids is 2. The zero-order valence-electron chi connectivity index (χ0n) is 21.0. The second kappa shape index (κ2) is 12.6. The van der Waals surface area contributed by atoms with Gasteiger partial charge in [-0.25, -0.2) is 14.4 Å². The van der Waals surface area contributed by atoms with Gasteiger partial charge in [-0.15, -0.1) is 10.2 Å². The van der Waals surface area contributed by atoms with E-state index in [1.54, 1.807) is 18.2 Å². The van der Waals surface area contributed by atoms with Crippen LogP contribution < -0.4 is 10.6 Å². The van der Waals surface area contributed by atoms with Gasteiger partial charge < -0.3 is 30.6 Å². The van der Waals surface area contributed by atoms with Crippen molar-refractivity contribution in [2.75, 3.05) is 26.2 Å². The van der Waals surface area contributed by atoms with Crippen molar-refractivity contribution in [3.05, 3.63) is 63.6 Å². The van der Waals surface area contributed by atoms with Gasteiger partial charge in [0.2, 0.25) is 5.82 Å². The molecule has 0 radical (unpaired) electrons. The third kappa shape index (κ3) is 6.70. The minimum atomic E-state index is -1.52. The molecule has 4 rings (SSSR count). The van der Waals surface area contributed by atoms with E-state index in [-0.39, 0.29) is 40.1 Å². The monoisotopic (exact) mass is 604 g/mol. The van der Waals surface area contributed by atoms with Gasteiger partial charge in [-0.2, -0.15) is 5.21 Å². The van der Waals surface area contributed by atoms with Crippen LogP contribution in [0, 0.1) is 0 Å². The average molecular weight is 605 g/mol. The van der Waals surface area contributed by atoms with E-state index in [0.29, 0.717) is 5.56 Å². The van der Waals surface area contributed by atoms with Crippen LogP contribution >= 0.6 is 23.2 Å². The Hall–Kier alpha value is -4.76. The molecule has 1 saturated heterocycles. The van der Waals surface area contributed by atoms with Gasteiger partial charge in [0.05, 0.1) is 34.3 Å². The predicted molar refractivity (Wildman–Crippen MR) is 142 cm³/mol. The Labute approximate surface area is 241 Å². The Morgan fingerprint density at radius 1 is 0.878 bits per heavy atom. The molecule has 5 N–H and O–H groups in total. The first-order chi connectivity index (χ1) is 19.6. The summed E-state index contributed by atoms with van der Waals surface area (Å²) in [5.74, 6) is -4.26. The van der Waals surface area contributed by atoms with Gasteiger partial charge in [0.1, 0.15) is 12.1 Å². The van der Waals surface area contributed by atoms with Gasteiger partial charge in [-0.05, 0) is 23.4 Å². The number of aromatic amines is 1. The van der Waals surface area contributed by atoms with E-state index < -0.39 is 55.0 Å². The molecule has 15 nitrogen and oxygen atoms in total. The van der Waals surface area contributed by atoms with Crippen LogP contribution in [0.4, 0.5) is 4.79 Å². The maximum absolute atomic E-state index is 13.0. The minimum Gasteiger partial charge on any atom is -0.480 e. The van der Waals surface area contributed by atoms with Crippen LogP contribution in [-0.4, -0.2) is 109 Å². The molecule has 1 aliphatic heterocycles. The number of carboxylic acid groups (broad SMARTS) is 2. The highest BCUT2D eigenvalue weighted by Crippen LogP contribution is 2.24. The topological polar surface area (TPSA) is 211 Å². The van der Waals surface area contributed by atoms with E-state index in [0.717, 1.165) is 9.80 Å². The van der Waals surface area contributed by atoms with E-state index in [2.05, 4.69) is 31.3 Å². The SMILES string of the molecule is O=C(NC(CN1CCN(CC(NC(=O)c2c(Cl)cccc2Cl)C(=O)O)C1=O)C(=O)O)c1ccccc1-c1nn[nH]n1. The third-order valence-electron chi connectivity index (χ3n) is 6.14. The van der Waals surface area contributed by atoms with Crippen LogP contribution in [0.1, 0.15) is 20.7 Å². The molecule has 2 aromatic carbocycles. The van der Waals surface area contributed by atoms with Crippen molar-refractivity contribution in [2.45, 2.75) is 12.1 Å². The number of carbonyl (C=O) groups is 5. The largest absolute Gasteiger partial charge is 0.480 e. The first-order valence-electron chi connectivity index (χ1n) is 11.9. The highest BCUT2D eigenvalue weighted by molar-refractivity contribution is 6.39. The number of hydrogen-bond donors (Lipinski definition) is 5. The highest BCUT2D eigenvalue weighted by Gasteiger charge is 2.36. The first-order valence-corrected chi connectivity index (χ1v) is 12.7. The molecule has 41 heavy (non-hydrogen) atoms. The normalized spacial score (nSPS) is 14.4. The Bertz CT molecular complexity index is 1470. The van der Waals surface area contributed by atoms with Gasteiger partial charge in [0.15, 0.2) is 0 Å². The Morgan fingerprint density at radius 3 is 1.98 bits per heavy atom. The van der Waals surface area contributed by atoms with Gasteiger partial charge in [0.25, 0.3) is 11.8 Å². The summed E-state index contributed by atoms with van der Waals surface area (Å²) in [4.78, 5) is 64.9. The Morgan fingerprint density at radius 2 is 1.44 bits per heavy atom. The summed E-state index contributed by atoms with van der Waals surface area (Å²) in [6, 6.07) is 6.91. The molecule has 1 aliphatic rings. The standard InChI is InChI=1S/C24H22Cl2N8O7/c25-14-6-3-7-15(26)18(14)21(36)28-17(23(39)40)11-34-9-8-33(24(34)41)10-16(22(37)38)27-20(35)13-5-2-1-4-12(13)19-29-31-32-30-19/h1-7,16-17H,8-11H2,(H,27,35)(H,28,36)(H,37,38)(H,39,40)(H,29,30,31,32). The predicted octanol–water partition coefficient (Wildman–Crippen LogP) is 0.977. The molecule has 1 aromatic heterocycles. The van der Waals surface area contributed by atoms with E-state index in [1.807, 2.05) is 0 Å². The number of carboxylic acids is 2. The molecule has 3 aromatic rings. The molecule has 2 atom stereocenters. The lowest BCUT2D eigenvalue weighted by atomic mass is 10.1. The van der Waals surface area contributed by atoms with Crippen LogP contribution in [0.25, 0.3) is 11.4 Å². The Kier molecular flexibility index (Phi) is 8.99. The number of H-pyrrole nitrogens is 1. The minimum absolute atomic E-state index is 0.0178. The maximum atomic E-state index is 13.0. The summed E-state index contributed by atoms with van der Waals surface area (Å²) in [5, 5.41) is 37.6. The van der Waals surface area contributed by atoms with E-state index >= 15 is 0 Å². The molecule has 0 bridgehead atoms. The molecule has 2 heterocycles. The molecule has 0 saturated carbocycles. The number of carbonyl (C=O) groups excluding carboxylic acids is 3. The molecule has 0 spiro atoms. The quantitative estimate of drug-likeness (QED) is 0.209. The fourth-order valence-electron chi connectivity index (χ4n) is 4.12. The van der Waals surface area contributed by atoms with Crippen molar-refractivity contribution in [2.24, 2.45) is 0 Å². The van der Waals surface area contributed by atoms with Crippen molar-refractivity contribution >= 4 is 53.0 Å². The third-order valence-corrected chi connectivity index (χ3v) is 6.77. The van der Waals surface area contributed by atoms with E-state index in [1.165, 1.54) is 24.3 Å². The lowest BCUT2D eigenvalue weighted by Gasteiger charge is -2.24. The van der Waals surface area contributed by atoms with Crippen molar-refractivity contribution in [1.29, 1.82) is 0 Å². The number of aromatic nitrogens is 4. The zero-order chi connectivity index (χ0) is 29.7. The average Bonchev–Trinajstić information content (AvgIpc) is 3.58. The second-order valence-electron chi connectivity index (χ2n) is 8.78. The summed E-state index contributed by atoms with van der Waals surface area (Å²) in [6.07, 6.45) is 0. The summed E-state index contributed by atoms with van der Waals surface area (Å²) >= 11 is 12.1. The number of amides is 4. The number of tetrazole rings is 1. The van der Waals surface area contributed by atoms with E-state index in [4.69, 9.17) is 23.2 Å². The molecular weight excluding hydrogens is 583 g/mol. The molecule has 17 heteroatoms. The lowest BCUT2D eigenvalue weighted by molar-refractivity contribution is -0.140. The molecule has 214 valence electrons. The Balaban J connectivity index is 1.41. The highest BCUT2D eigenvalue weighted by atomic mass is 35.5. The molecule has 4 amide bonds. The van der Waals surface area contributed by atoms with Crippen LogP contribution in [0.2, 0.25) is 10.0 Å². The smallest absolute Gasteiger partial charge is 0.328 e. The lowest BCUT2D eigenvalue weighted by Crippen LogP contribution is -2.51. The number of rotatable bonds is 11. The molecule has 1 fully saturated rings. The van der Waals surface area contributed by atoms with Gasteiger partial charge in [0, 0.05) is 18.7 Å². The van der Waals surface area contributed by atoms with Crippen molar-refractivity contribution in [1.82, 2.24) is 41.1 Å². The molecular formula is C24H22Cl2N8O7. The van der Waals surface area contributed by atoms with Crippen molar-refractivity contribution in [3.63, 3.8) is 0 Å². The van der Waals surface area contributed by atoms with Crippen LogP contribution in [0.5, 0.6) is 0 Å². The first kappa shape index (κ1) is 29.2. The summed E-state index contributed by atoms with van der Waals surface area (Å²) in [5.41, 5.74) is 0.289. The van der Waals surface area contributed by atoms with Gasteiger partial charge in [-0.1, -0.05) is 47.5 Å². The molecule has 2 unspecified atom stereocenters. The number of hydrogen-bond acceptors (Lipinski definition) is 8. The maximum Gasteiger partial charge on any atom is 0.328 e. The fraction of sp³-hybridized carbons (Fsp3) is 0.250. The fourth-order valence-corrected chi connectivity index (χ4v) is 4.69.